The predicted octanol–water partition coefficient (Wildman–Crippen LogP) is 0.803. The Hall–Kier alpha value is -1.82. The molecule has 0 spiro atoms. The van der Waals surface area contributed by atoms with E-state index in [1.807, 2.05) is 0 Å². The molecule has 0 aliphatic rings. The molecular weight excluding hydrogens is 229 g/mol. The van der Waals surface area contributed by atoms with E-state index in [4.69, 9.17) is 15.6 Å². The number of ether oxygens (including phenoxy) is 1. The van der Waals surface area contributed by atoms with Crippen LogP contribution in [0.3, 0.4) is 0 Å². The highest BCUT2D eigenvalue weighted by Crippen LogP contribution is 2.34. The number of nitrogens with two attached hydrogens (primary N) is 1. The summed E-state index contributed by atoms with van der Waals surface area (Å²) >= 11 is 0. The van der Waals surface area contributed by atoms with Gasteiger partial charge in [0.2, 0.25) is 0 Å². The highest BCUT2D eigenvalue weighted by atomic mass is 19.1. The van der Waals surface area contributed by atoms with E-state index in [-0.39, 0.29) is 17.7 Å². The first-order valence-corrected chi connectivity index (χ1v) is 4.91. The van der Waals surface area contributed by atoms with Crippen molar-refractivity contribution in [3.05, 3.63) is 23.0 Å². The number of aryl methyl sites for hydroxylation is 1. The summed E-state index contributed by atoms with van der Waals surface area (Å²) in [5.41, 5.74) is 5.87. The van der Waals surface area contributed by atoms with Gasteiger partial charge in [-0.3, -0.25) is 4.79 Å². The summed E-state index contributed by atoms with van der Waals surface area (Å²) < 4.78 is 18.5. The third-order valence-corrected chi connectivity index (χ3v) is 2.41. The fraction of sp³-hybridized carbons (Fsp3) is 0.364. The van der Waals surface area contributed by atoms with Crippen LogP contribution in [0.1, 0.15) is 11.1 Å². The number of benzene rings is 1. The average Bonchev–Trinajstić information content (AvgIpc) is 2.26. The van der Waals surface area contributed by atoms with Crippen molar-refractivity contribution in [1.82, 2.24) is 0 Å². The smallest absolute Gasteiger partial charge is 0.320 e. The van der Waals surface area contributed by atoms with Crippen LogP contribution in [0.25, 0.3) is 0 Å². The molecule has 1 aromatic carbocycles. The molecule has 0 amide bonds. The van der Waals surface area contributed by atoms with Crippen molar-refractivity contribution in [2.45, 2.75) is 19.4 Å². The van der Waals surface area contributed by atoms with Crippen LogP contribution in [0.15, 0.2) is 6.07 Å². The number of methoxy groups -OCH3 is 1. The molecule has 0 aromatic heterocycles. The Bertz CT molecular complexity index is 448. The molecule has 1 unspecified atom stereocenters. The van der Waals surface area contributed by atoms with Gasteiger partial charge >= 0.3 is 5.97 Å². The van der Waals surface area contributed by atoms with E-state index >= 15 is 0 Å². The van der Waals surface area contributed by atoms with E-state index in [0.29, 0.717) is 5.56 Å². The minimum atomic E-state index is -1.22. The van der Waals surface area contributed by atoms with Gasteiger partial charge < -0.3 is 20.7 Å². The average molecular weight is 243 g/mol. The highest BCUT2D eigenvalue weighted by molar-refractivity contribution is 5.73. The Morgan fingerprint density at radius 3 is 2.71 bits per heavy atom. The second-order valence-corrected chi connectivity index (χ2v) is 3.70. The summed E-state index contributed by atoms with van der Waals surface area (Å²) in [6.45, 7) is 1.62. The zero-order valence-corrected chi connectivity index (χ0v) is 9.53. The van der Waals surface area contributed by atoms with E-state index in [0.717, 1.165) is 0 Å². The van der Waals surface area contributed by atoms with Gasteiger partial charge in [0, 0.05) is 6.42 Å². The normalized spacial score (nSPS) is 12.2. The molecule has 94 valence electrons. The largest absolute Gasteiger partial charge is 0.502 e. The first kappa shape index (κ1) is 13.2. The lowest BCUT2D eigenvalue weighted by atomic mass is 10.0. The van der Waals surface area contributed by atoms with Crippen molar-refractivity contribution in [3.8, 4) is 11.5 Å². The lowest BCUT2D eigenvalue weighted by Gasteiger charge is -2.13. The maximum absolute atomic E-state index is 13.7. The van der Waals surface area contributed by atoms with Crippen LogP contribution in [0.4, 0.5) is 4.39 Å². The molecule has 1 atom stereocenters. The van der Waals surface area contributed by atoms with Gasteiger partial charge in [-0.05, 0) is 24.1 Å². The number of phenolic OH excluding ortho intramolecular Hbond substituents is 1. The SMILES string of the molecule is COc1c(C)cc(CC(N)C(=O)O)c(F)c1O. The number of carboxylic acids is 1. The molecule has 0 saturated heterocycles. The minimum Gasteiger partial charge on any atom is -0.502 e. The first-order valence-electron chi connectivity index (χ1n) is 4.91. The molecule has 0 aliphatic heterocycles. The lowest BCUT2D eigenvalue weighted by molar-refractivity contribution is -0.138. The summed E-state index contributed by atoms with van der Waals surface area (Å²) in [5.74, 6) is -2.71. The zero-order chi connectivity index (χ0) is 13.2. The van der Waals surface area contributed by atoms with Gasteiger partial charge in [0.25, 0.3) is 0 Å². The fourth-order valence-electron chi connectivity index (χ4n) is 1.56. The number of carbonyl (C=O) groups is 1. The molecule has 6 heteroatoms. The van der Waals surface area contributed by atoms with Crippen molar-refractivity contribution in [2.24, 2.45) is 5.73 Å². The maximum atomic E-state index is 13.7. The Morgan fingerprint density at radius 2 is 2.24 bits per heavy atom. The van der Waals surface area contributed by atoms with Crippen molar-refractivity contribution < 1.29 is 24.1 Å². The van der Waals surface area contributed by atoms with Crippen LogP contribution in [-0.2, 0) is 11.2 Å². The summed E-state index contributed by atoms with van der Waals surface area (Å²) in [4.78, 5) is 10.6. The molecule has 1 aromatic rings. The number of hydrogen-bond donors (Lipinski definition) is 3. The van der Waals surface area contributed by atoms with Crippen LogP contribution in [0, 0.1) is 12.7 Å². The third kappa shape index (κ3) is 2.65. The Kier molecular flexibility index (Phi) is 3.90. The molecule has 0 bridgehead atoms. The van der Waals surface area contributed by atoms with Gasteiger partial charge in [-0.25, -0.2) is 4.39 Å². The predicted molar refractivity (Wildman–Crippen MR) is 58.7 cm³/mol. The summed E-state index contributed by atoms with van der Waals surface area (Å²) in [5, 5.41) is 18.2. The number of phenols is 1. The molecule has 0 heterocycles. The second-order valence-electron chi connectivity index (χ2n) is 3.70. The monoisotopic (exact) mass is 243 g/mol. The summed E-state index contributed by atoms with van der Waals surface area (Å²) in [6, 6.07) is 0.202. The lowest BCUT2D eigenvalue weighted by Crippen LogP contribution is -2.32. The number of aliphatic carboxylic acids is 1. The number of carboxylic acid groups (broad SMARTS) is 1. The standard InChI is InChI=1S/C11H14FNO4/c1-5-3-6(4-7(13)11(15)16)8(12)9(14)10(5)17-2/h3,7,14H,4,13H2,1-2H3,(H,15,16). The maximum Gasteiger partial charge on any atom is 0.320 e. The number of rotatable bonds is 4. The number of hydrogen-bond acceptors (Lipinski definition) is 4. The van der Waals surface area contributed by atoms with E-state index in [2.05, 4.69) is 0 Å². The molecule has 0 aliphatic carbocycles. The van der Waals surface area contributed by atoms with Crippen LogP contribution < -0.4 is 10.5 Å². The van der Waals surface area contributed by atoms with Crippen molar-refractivity contribution in [2.75, 3.05) is 7.11 Å². The van der Waals surface area contributed by atoms with Crippen LogP contribution in [0.2, 0.25) is 0 Å². The van der Waals surface area contributed by atoms with Gasteiger partial charge in [-0.1, -0.05) is 0 Å². The quantitative estimate of drug-likeness (QED) is 0.727. The number of aromatic hydroxyl groups is 1. The van der Waals surface area contributed by atoms with Gasteiger partial charge in [-0.2, -0.15) is 0 Å². The summed E-state index contributed by atoms with van der Waals surface area (Å²) in [6.07, 6.45) is -0.195. The Balaban J connectivity index is 3.15. The van der Waals surface area contributed by atoms with Crippen LogP contribution in [0.5, 0.6) is 11.5 Å². The topological polar surface area (TPSA) is 92.8 Å². The minimum absolute atomic E-state index is 0.0372. The molecule has 0 saturated carbocycles. The molecule has 5 nitrogen and oxygen atoms in total. The highest BCUT2D eigenvalue weighted by Gasteiger charge is 2.20. The fourth-order valence-corrected chi connectivity index (χ4v) is 1.56. The van der Waals surface area contributed by atoms with E-state index < -0.39 is 23.6 Å². The molecule has 0 fully saturated rings. The Morgan fingerprint density at radius 1 is 1.65 bits per heavy atom. The van der Waals surface area contributed by atoms with Crippen LogP contribution in [-0.4, -0.2) is 29.3 Å². The number of halogens is 1. The van der Waals surface area contributed by atoms with Gasteiger partial charge in [0.1, 0.15) is 6.04 Å². The molecule has 17 heavy (non-hydrogen) atoms. The molecule has 0 radical (unpaired) electrons. The first-order chi connectivity index (χ1) is 7.88. The third-order valence-electron chi connectivity index (χ3n) is 2.41. The van der Waals surface area contributed by atoms with Gasteiger partial charge in [0.05, 0.1) is 7.11 Å². The zero-order valence-electron chi connectivity index (χ0n) is 9.53. The molecule has 4 N–H and O–H groups in total. The van der Waals surface area contributed by atoms with E-state index in [1.54, 1.807) is 6.92 Å². The van der Waals surface area contributed by atoms with Crippen molar-refractivity contribution in [3.63, 3.8) is 0 Å². The van der Waals surface area contributed by atoms with Crippen molar-refractivity contribution in [1.29, 1.82) is 0 Å². The Labute approximate surface area is 97.6 Å². The molecule has 1 rings (SSSR count). The van der Waals surface area contributed by atoms with Gasteiger partial charge in [-0.15, -0.1) is 0 Å². The van der Waals surface area contributed by atoms with Crippen molar-refractivity contribution >= 4 is 5.97 Å². The van der Waals surface area contributed by atoms with E-state index in [1.165, 1.54) is 13.2 Å². The second kappa shape index (κ2) is 5.01. The van der Waals surface area contributed by atoms with E-state index in [9.17, 15) is 14.3 Å². The summed E-state index contributed by atoms with van der Waals surface area (Å²) in [7, 11) is 1.31. The van der Waals surface area contributed by atoms with Crippen LogP contribution >= 0.6 is 0 Å². The molecular formula is C11H14FNO4. The van der Waals surface area contributed by atoms with Gasteiger partial charge in [0.15, 0.2) is 17.3 Å².